The van der Waals surface area contributed by atoms with Gasteiger partial charge < -0.3 is 30.7 Å². The lowest BCUT2D eigenvalue weighted by atomic mass is 9.92. The van der Waals surface area contributed by atoms with Crippen molar-refractivity contribution in [3.05, 3.63) is 0 Å². The van der Waals surface area contributed by atoms with Crippen LogP contribution in [-0.2, 0) is 28.7 Å². The Labute approximate surface area is 233 Å². The van der Waals surface area contributed by atoms with Crippen LogP contribution >= 0.6 is 0 Å². The average Bonchev–Trinajstić information content (AvgIpc) is 3.61. The van der Waals surface area contributed by atoms with Crippen molar-refractivity contribution in [3.8, 4) is 0 Å². The summed E-state index contributed by atoms with van der Waals surface area (Å²) in [6, 6.07) is -4.00. The van der Waals surface area contributed by atoms with Crippen LogP contribution in [0.15, 0.2) is 0 Å². The van der Waals surface area contributed by atoms with Crippen LogP contribution in [-0.4, -0.2) is 88.9 Å². The summed E-state index contributed by atoms with van der Waals surface area (Å²) in [5.74, 6) is -2.73. The van der Waals surface area contributed by atoms with Crippen LogP contribution in [0.25, 0.3) is 0 Å². The molecule has 5 unspecified atom stereocenters. The number of carbonyl (C=O) groups excluding carboxylic acids is 5. The molecular formula is C28H50N4O7. The predicted molar refractivity (Wildman–Crippen MR) is 147 cm³/mol. The fourth-order valence-corrected chi connectivity index (χ4v) is 4.41. The number of ether oxygens (including phenoxy) is 1. The third kappa shape index (κ3) is 9.56. The molecule has 1 aliphatic rings. The second kappa shape index (κ2) is 14.7. The molecule has 0 saturated carbocycles. The predicted octanol–water partition coefficient (Wildman–Crippen LogP) is 1.16. The van der Waals surface area contributed by atoms with Crippen LogP contribution in [0.5, 0.6) is 0 Å². The van der Waals surface area contributed by atoms with Crippen molar-refractivity contribution >= 4 is 29.4 Å². The Morgan fingerprint density at radius 2 is 1.36 bits per heavy atom. The van der Waals surface area contributed by atoms with Crippen LogP contribution in [0, 0.1) is 17.8 Å². The molecule has 11 heteroatoms. The molecule has 39 heavy (non-hydrogen) atoms. The summed E-state index contributed by atoms with van der Waals surface area (Å²) in [6.07, 6.45) is 0.280. The van der Waals surface area contributed by atoms with Gasteiger partial charge in [-0.05, 0) is 38.0 Å². The third-order valence-corrected chi connectivity index (χ3v) is 7.66. The summed E-state index contributed by atoms with van der Waals surface area (Å²) in [5.41, 5.74) is -0.943. The van der Waals surface area contributed by atoms with Gasteiger partial charge in [0.05, 0.1) is 18.8 Å². The Morgan fingerprint density at radius 1 is 0.872 bits per heavy atom. The lowest BCUT2D eigenvalue weighted by Gasteiger charge is -2.34. The second-order valence-corrected chi connectivity index (χ2v) is 11.6. The van der Waals surface area contributed by atoms with E-state index in [-0.39, 0.29) is 36.1 Å². The Morgan fingerprint density at radius 3 is 1.77 bits per heavy atom. The van der Waals surface area contributed by atoms with Crippen LogP contribution in [0.1, 0.15) is 81.6 Å². The van der Waals surface area contributed by atoms with E-state index in [1.807, 2.05) is 34.6 Å². The van der Waals surface area contributed by atoms with E-state index in [9.17, 15) is 29.1 Å². The monoisotopic (exact) mass is 554 g/mol. The molecule has 1 rings (SSSR count). The van der Waals surface area contributed by atoms with Gasteiger partial charge in [0.15, 0.2) is 5.78 Å². The number of aliphatic hydroxyl groups is 1. The maximum Gasteiger partial charge on any atom is 0.245 e. The Balaban J connectivity index is 3.15. The van der Waals surface area contributed by atoms with Crippen molar-refractivity contribution in [2.75, 3.05) is 13.7 Å². The highest BCUT2D eigenvalue weighted by molar-refractivity contribution is 5.99. The lowest BCUT2D eigenvalue weighted by Crippen LogP contribution is -2.62. The van der Waals surface area contributed by atoms with Gasteiger partial charge in [0.25, 0.3) is 0 Å². The fourth-order valence-electron chi connectivity index (χ4n) is 4.41. The molecule has 0 bridgehead atoms. The van der Waals surface area contributed by atoms with Crippen molar-refractivity contribution in [3.63, 3.8) is 0 Å². The number of hydrogen-bond donors (Lipinski definition) is 4. The summed E-state index contributed by atoms with van der Waals surface area (Å²) >= 11 is 0. The van der Waals surface area contributed by atoms with E-state index in [0.29, 0.717) is 19.3 Å². The topological polar surface area (TPSA) is 157 Å². The van der Waals surface area contributed by atoms with Crippen molar-refractivity contribution in [2.24, 2.45) is 17.8 Å². The quantitative estimate of drug-likeness (QED) is 0.209. The molecule has 1 fully saturated rings. The zero-order chi connectivity index (χ0) is 30.2. The molecule has 0 aromatic heterocycles. The number of carbonyl (C=O) groups is 5. The molecule has 4 N–H and O–H groups in total. The molecule has 0 aromatic carbocycles. The molecule has 1 saturated heterocycles. The Kier molecular flexibility index (Phi) is 13.0. The summed E-state index contributed by atoms with van der Waals surface area (Å²) in [4.78, 5) is 66.4. The Bertz CT molecular complexity index is 887. The molecule has 8 atom stereocenters. The highest BCUT2D eigenvalue weighted by atomic mass is 16.6. The first-order valence-electron chi connectivity index (χ1n) is 14.0. The smallest absolute Gasteiger partial charge is 0.245 e. The Hall–Kier alpha value is -2.53. The van der Waals surface area contributed by atoms with E-state index in [0.717, 1.165) is 0 Å². The third-order valence-electron chi connectivity index (χ3n) is 7.66. The zero-order valence-corrected chi connectivity index (χ0v) is 25.3. The fraction of sp³-hybridized carbons (Fsp3) is 0.821. The summed E-state index contributed by atoms with van der Waals surface area (Å²) in [7, 11) is 1.55. The van der Waals surface area contributed by atoms with E-state index in [1.165, 1.54) is 18.7 Å². The minimum absolute atomic E-state index is 0.0952. The number of aliphatic hydroxyl groups excluding tert-OH is 1. The second-order valence-electron chi connectivity index (χ2n) is 11.6. The molecule has 224 valence electrons. The number of amides is 4. The van der Waals surface area contributed by atoms with E-state index in [2.05, 4.69) is 16.0 Å². The first kappa shape index (κ1) is 34.5. The summed E-state index contributed by atoms with van der Waals surface area (Å²) in [5, 5.41) is 18.5. The van der Waals surface area contributed by atoms with E-state index in [4.69, 9.17) is 4.74 Å². The van der Waals surface area contributed by atoms with Crippen LogP contribution in [0.4, 0.5) is 0 Å². The van der Waals surface area contributed by atoms with Crippen molar-refractivity contribution in [1.29, 1.82) is 0 Å². The van der Waals surface area contributed by atoms with Crippen molar-refractivity contribution in [1.82, 2.24) is 20.9 Å². The number of hydrogen-bond acceptors (Lipinski definition) is 7. The minimum Gasteiger partial charge on any atom is -0.391 e. The highest BCUT2D eigenvalue weighted by Crippen LogP contribution is 2.29. The molecule has 4 amide bonds. The van der Waals surface area contributed by atoms with Gasteiger partial charge in [-0.1, -0.05) is 54.4 Å². The normalized spacial score (nSPS) is 21.9. The average molecular weight is 555 g/mol. The zero-order valence-electron chi connectivity index (χ0n) is 25.3. The van der Waals surface area contributed by atoms with Gasteiger partial charge in [0, 0.05) is 14.0 Å². The number of Topliss-reactive ketones (excluding diaryl/α,β-unsaturated/α-hetero) is 1. The largest absolute Gasteiger partial charge is 0.391 e. The molecule has 1 heterocycles. The molecule has 0 aromatic rings. The van der Waals surface area contributed by atoms with Gasteiger partial charge in [-0.3, -0.25) is 24.0 Å². The number of likely N-dealkylation sites (N-methyl/N-ethyl adjacent to an activating group) is 1. The van der Waals surface area contributed by atoms with Gasteiger partial charge >= 0.3 is 0 Å². The first-order valence-corrected chi connectivity index (χ1v) is 14.0. The van der Waals surface area contributed by atoms with Gasteiger partial charge in [0.2, 0.25) is 23.6 Å². The molecule has 0 spiro atoms. The van der Waals surface area contributed by atoms with Gasteiger partial charge in [-0.2, -0.15) is 0 Å². The summed E-state index contributed by atoms with van der Waals surface area (Å²) in [6.45, 7) is 16.0. The highest BCUT2D eigenvalue weighted by Gasteiger charge is 2.50. The maximum absolute atomic E-state index is 13.4. The van der Waals surface area contributed by atoms with Crippen LogP contribution in [0.2, 0.25) is 0 Å². The number of nitrogens with zero attached hydrogens (tertiary/aromatic N) is 1. The first-order chi connectivity index (χ1) is 18.0. The van der Waals surface area contributed by atoms with Crippen molar-refractivity contribution in [2.45, 2.75) is 117 Å². The van der Waals surface area contributed by atoms with Crippen LogP contribution < -0.4 is 16.0 Å². The molecule has 0 radical (unpaired) electrons. The van der Waals surface area contributed by atoms with Gasteiger partial charge in [-0.15, -0.1) is 0 Å². The van der Waals surface area contributed by atoms with Crippen molar-refractivity contribution < 1.29 is 33.8 Å². The number of ketones is 1. The lowest BCUT2D eigenvalue weighted by molar-refractivity contribution is -0.141. The molecule has 1 aliphatic heterocycles. The minimum atomic E-state index is -1.36. The summed E-state index contributed by atoms with van der Waals surface area (Å²) < 4.78 is 5.27. The SMILES string of the molecule is CCC(C)C(NC(=O)C([C@@H](C)CC)N(C)C(C)=O)C(=O)N[C@H](C(=O)NC(CC(C)C)C(=O)[C@@]1(C)CO1)C(C)O. The van der Waals surface area contributed by atoms with E-state index in [1.54, 1.807) is 20.9 Å². The number of epoxide rings is 1. The molecular weight excluding hydrogens is 504 g/mol. The standard InChI is InChI=1S/C28H50N4O7/c1-11-16(5)21(30-27(38)23(17(6)12-2)32(10)19(8)34)25(36)31-22(18(7)33)26(37)29-20(13-15(3)4)24(35)28(9)14-39-28/h15-18,20-23,33H,11-14H2,1-10H3,(H,29,37)(H,30,38)(H,31,36)/t16?,17-,18?,20?,21?,22-,23?,28+/m0/s1. The number of rotatable bonds is 16. The van der Waals surface area contributed by atoms with E-state index < -0.39 is 53.6 Å². The molecule has 0 aliphatic carbocycles. The molecule has 11 nitrogen and oxygen atoms in total. The van der Waals surface area contributed by atoms with Gasteiger partial charge in [-0.25, -0.2) is 0 Å². The maximum atomic E-state index is 13.4. The van der Waals surface area contributed by atoms with E-state index >= 15 is 0 Å². The number of nitrogens with one attached hydrogen (secondary N) is 3. The van der Waals surface area contributed by atoms with Gasteiger partial charge in [0.1, 0.15) is 23.7 Å². The van der Waals surface area contributed by atoms with Crippen LogP contribution in [0.3, 0.4) is 0 Å².